The van der Waals surface area contributed by atoms with E-state index in [1.807, 2.05) is 13.8 Å². The van der Waals surface area contributed by atoms with Crippen LogP contribution < -0.4 is 0 Å². The van der Waals surface area contributed by atoms with Crippen molar-refractivity contribution in [3.63, 3.8) is 0 Å². The van der Waals surface area contributed by atoms with Crippen molar-refractivity contribution in [2.75, 3.05) is 0 Å². The van der Waals surface area contributed by atoms with E-state index in [2.05, 4.69) is 9.47 Å². The Balaban J connectivity index is 1.81. The standard InChI is InChI=1S/C18H20O6/c1-11-5-3-7-13(11)17(21)23-15(19)9-10-16(20)24-18(22)14-8-4-6-12(14)2/h7-12H,3-6H2,1-2H3/b10-9-. The van der Waals surface area contributed by atoms with Crippen molar-refractivity contribution >= 4 is 23.9 Å². The number of carbonyl (C=O) groups excluding carboxylic acids is 4. The molecule has 0 saturated carbocycles. The molecule has 6 nitrogen and oxygen atoms in total. The molecular weight excluding hydrogens is 312 g/mol. The molecule has 2 aliphatic carbocycles. The van der Waals surface area contributed by atoms with Gasteiger partial charge in [-0.15, -0.1) is 0 Å². The first-order chi connectivity index (χ1) is 11.4. The summed E-state index contributed by atoms with van der Waals surface area (Å²) < 4.78 is 9.28. The van der Waals surface area contributed by atoms with Gasteiger partial charge in [-0.3, -0.25) is 0 Å². The molecule has 2 atom stereocenters. The van der Waals surface area contributed by atoms with Crippen LogP contribution in [0.15, 0.2) is 35.5 Å². The van der Waals surface area contributed by atoms with Gasteiger partial charge in [0, 0.05) is 23.3 Å². The van der Waals surface area contributed by atoms with Crippen LogP contribution >= 0.6 is 0 Å². The molecule has 0 aromatic carbocycles. The fourth-order valence-corrected chi connectivity index (χ4v) is 2.76. The lowest BCUT2D eigenvalue weighted by Crippen LogP contribution is -2.17. The predicted molar refractivity (Wildman–Crippen MR) is 84.3 cm³/mol. The molecule has 0 aromatic rings. The number of carbonyl (C=O) groups is 4. The van der Waals surface area contributed by atoms with Gasteiger partial charge in [0.05, 0.1) is 0 Å². The van der Waals surface area contributed by atoms with Gasteiger partial charge in [-0.2, -0.15) is 0 Å². The van der Waals surface area contributed by atoms with Gasteiger partial charge in [-0.25, -0.2) is 19.2 Å². The number of ether oxygens (including phenoxy) is 2. The zero-order chi connectivity index (χ0) is 17.7. The van der Waals surface area contributed by atoms with E-state index in [4.69, 9.17) is 0 Å². The Hall–Kier alpha value is -2.50. The van der Waals surface area contributed by atoms with Crippen molar-refractivity contribution < 1.29 is 28.7 Å². The third-order valence-electron chi connectivity index (χ3n) is 4.20. The topological polar surface area (TPSA) is 86.7 Å². The van der Waals surface area contributed by atoms with Gasteiger partial charge in [0.25, 0.3) is 0 Å². The van der Waals surface area contributed by atoms with Gasteiger partial charge in [-0.05, 0) is 37.5 Å². The Morgan fingerprint density at radius 3 is 1.50 bits per heavy atom. The smallest absolute Gasteiger partial charge is 0.341 e. The predicted octanol–water partition coefficient (Wildman–Crippen LogP) is 2.39. The molecule has 0 heterocycles. The lowest BCUT2D eigenvalue weighted by molar-refractivity contribution is -0.156. The third kappa shape index (κ3) is 4.50. The zero-order valence-corrected chi connectivity index (χ0v) is 13.7. The second kappa shape index (κ2) is 7.86. The van der Waals surface area contributed by atoms with E-state index in [9.17, 15) is 19.2 Å². The average Bonchev–Trinajstić information content (AvgIpc) is 3.13. The molecule has 2 rings (SSSR count). The molecule has 2 aliphatic rings. The maximum Gasteiger partial charge on any atom is 0.341 e. The summed E-state index contributed by atoms with van der Waals surface area (Å²) in [5, 5.41) is 0. The van der Waals surface area contributed by atoms with E-state index in [0.29, 0.717) is 11.1 Å². The van der Waals surface area contributed by atoms with Crippen LogP contribution in [-0.4, -0.2) is 23.9 Å². The van der Waals surface area contributed by atoms with Crippen molar-refractivity contribution in [3.05, 3.63) is 35.5 Å². The van der Waals surface area contributed by atoms with Gasteiger partial charge in [0.15, 0.2) is 0 Å². The summed E-state index contributed by atoms with van der Waals surface area (Å²) in [6.45, 7) is 3.75. The summed E-state index contributed by atoms with van der Waals surface area (Å²) in [5.41, 5.74) is 0.938. The number of rotatable bonds is 4. The Kier molecular flexibility index (Phi) is 5.84. The molecule has 0 saturated heterocycles. The zero-order valence-electron chi connectivity index (χ0n) is 13.7. The first-order valence-electron chi connectivity index (χ1n) is 7.99. The lowest BCUT2D eigenvalue weighted by atomic mass is 10.1. The van der Waals surface area contributed by atoms with Gasteiger partial charge < -0.3 is 9.47 Å². The van der Waals surface area contributed by atoms with E-state index in [1.165, 1.54) is 0 Å². The molecule has 0 radical (unpaired) electrons. The number of allylic oxidation sites excluding steroid dienone is 2. The highest BCUT2D eigenvalue weighted by molar-refractivity contribution is 6.04. The average molecular weight is 332 g/mol. The van der Waals surface area contributed by atoms with Crippen LogP contribution in [0.5, 0.6) is 0 Å². The van der Waals surface area contributed by atoms with E-state index in [-0.39, 0.29) is 11.8 Å². The van der Waals surface area contributed by atoms with Crippen LogP contribution in [-0.2, 0) is 28.7 Å². The molecule has 0 aliphatic heterocycles. The van der Waals surface area contributed by atoms with E-state index in [1.54, 1.807) is 12.2 Å². The monoisotopic (exact) mass is 332 g/mol. The Bertz CT molecular complexity index is 596. The summed E-state index contributed by atoms with van der Waals surface area (Å²) in [5.74, 6) is -3.25. The minimum Gasteiger partial charge on any atom is -0.386 e. The first-order valence-corrected chi connectivity index (χ1v) is 7.99. The fourth-order valence-electron chi connectivity index (χ4n) is 2.76. The fraction of sp³-hybridized carbons (Fsp3) is 0.444. The van der Waals surface area contributed by atoms with Crippen LogP contribution in [0, 0.1) is 11.8 Å². The Labute approximate surface area is 140 Å². The number of esters is 4. The van der Waals surface area contributed by atoms with Crippen LogP contribution in [0.1, 0.15) is 39.5 Å². The highest BCUT2D eigenvalue weighted by atomic mass is 16.6. The Morgan fingerprint density at radius 2 is 1.21 bits per heavy atom. The van der Waals surface area contributed by atoms with Crippen LogP contribution in [0.3, 0.4) is 0 Å². The maximum absolute atomic E-state index is 11.8. The highest BCUT2D eigenvalue weighted by Gasteiger charge is 2.25. The normalized spacial score (nSPS) is 22.9. The Morgan fingerprint density at radius 1 is 0.833 bits per heavy atom. The molecule has 128 valence electrons. The quantitative estimate of drug-likeness (QED) is 0.446. The maximum atomic E-state index is 11.8. The van der Waals surface area contributed by atoms with E-state index in [0.717, 1.165) is 37.8 Å². The summed E-state index contributed by atoms with van der Waals surface area (Å²) in [4.78, 5) is 46.7. The second-order valence-corrected chi connectivity index (χ2v) is 6.03. The SMILES string of the molecule is CC1CCC=C1C(=O)OC(=O)/C=C\C(=O)OC(=O)C1=CCCC1C. The van der Waals surface area contributed by atoms with Gasteiger partial charge >= 0.3 is 23.9 Å². The van der Waals surface area contributed by atoms with Crippen molar-refractivity contribution in [2.45, 2.75) is 39.5 Å². The van der Waals surface area contributed by atoms with Crippen LogP contribution in [0.25, 0.3) is 0 Å². The van der Waals surface area contributed by atoms with Crippen LogP contribution in [0.2, 0.25) is 0 Å². The summed E-state index contributed by atoms with van der Waals surface area (Å²) in [6, 6.07) is 0. The van der Waals surface area contributed by atoms with Crippen LogP contribution in [0.4, 0.5) is 0 Å². The molecule has 2 unspecified atom stereocenters. The molecule has 0 spiro atoms. The molecule has 0 aromatic heterocycles. The molecule has 0 N–H and O–H groups in total. The minimum absolute atomic E-state index is 0.0542. The second-order valence-electron chi connectivity index (χ2n) is 6.03. The molecular formula is C18H20O6. The van der Waals surface area contributed by atoms with E-state index < -0.39 is 23.9 Å². The number of hydrogen-bond donors (Lipinski definition) is 0. The van der Waals surface area contributed by atoms with Crippen molar-refractivity contribution in [3.8, 4) is 0 Å². The minimum atomic E-state index is -0.974. The first kappa shape index (κ1) is 17.8. The third-order valence-corrected chi connectivity index (χ3v) is 4.20. The molecule has 24 heavy (non-hydrogen) atoms. The highest BCUT2D eigenvalue weighted by Crippen LogP contribution is 2.26. The molecule has 0 bridgehead atoms. The van der Waals surface area contributed by atoms with Gasteiger partial charge in [0.2, 0.25) is 0 Å². The summed E-state index contributed by atoms with van der Waals surface area (Å²) in [6.07, 6.45) is 8.28. The molecule has 6 heteroatoms. The summed E-state index contributed by atoms with van der Waals surface area (Å²) >= 11 is 0. The molecule has 0 fully saturated rings. The van der Waals surface area contributed by atoms with Crippen molar-refractivity contribution in [1.29, 1.82) is 0 Å². The summed E-state index contributed by atoms with van der Waals surface area (Å²) in [7, 11) is 0. The number of hydrogen-bond acceptors (Lipinski definition) is 6. The molecule has 0 amide bonds. The lowest BCUT2D eigenvalue weighted by Gasteiger charge is -2.07. The van der Waals surface area contributed by atoms with Gasteiger partial charge in [0.1, 0.15) is 0 Å². The van der Waals surface area contributed by atoms with E-state index >= 15 is 0 Å². The van der Waals surface area contributed by atoms with Crippen molar-refractivity contribution in [1.82, 2.24) is 0 Å². The largest absolute Gasteiger partial charge is 0.386 e. The van der Waals surface area contributed by atoms with Gasteiger partial charge in [-0.1, -0.05) is 26.0 Å². The van der Waals surface area contributed by atoms with Crippen molar-refractivity contribution in [2.24, 2.45) is 11.8 Å².